The lowest BCUT2D eigenvalue weighted by Gasteiger charge is -2.22. The fraction of sp³-hybridized carbons (Fsp3) is 0.625. The molecule has 0 saturated carbocycles. The smallest absolute Gasteiger partial charge is 0.122 e. The number of hydrogen-bond donors (Lipinski definition) is 1. The maximum absolute atomic E-state index is 9.41. The van der Waals surface area contributed by atoms with Crippen molar-refractivity contribution in [3.05, 3.63) is 29.3 Å². The van der Waals surface area contributed by atoms with E-state index in [1.165, 1.54) is 5.56 Å². The molecule has 0 unspecified atom stereocenters. The Labute approximate surface area is 121 Å². The first-order valence-corrected chi connectivity index (χ1v) is 7.21. The van der Waals surface area contributed by atoms with E-state index < -0.39 is 0 Å². The summed E-state index contributed by atoms with van der Waals surface area (Å²) in [7, 11) is 1.73. The highest BCUT2D eigenvalue weighted by Crippen LogP contribution is 2.21. The van der Waals surface area contributed by atoms with Gasteiger partial charge in [-0.3, -0.25) is 4.90 Å². The Morgan fingerprint density at radius 2 is 2.15 bits per heavy atom. The second kappa shape index (κ2) is 7.07. The molecule has 1 N–H and O–H groups in total. The molecule has 2 rings (SSSR count). The van der Waals surface area contributed by atoms with E-state index in [0.29, 0.717) is 6.61 Å². The van der Waals surface area contributed by atoms with Crippen LogP contribution in [0, 0.1) is 13.8 Å². The summed E-state index contributed by atoms with van der Waals surface area (Å²) in [6, 6.07) is 6.44. The normalized spacial score (nSPS) is 23.2. The van der Waals surface area contributed by atoms with E-state index in [4.69, 9.17) is 9.47 Å². The van der Waals surface area contributed by atoms with Gasteiger partial charge in [-0.25, -0.2) is 0 Å². The Morgan fingerprint density at radius 1 is 1.35 bits per heavy atom. The molecular formula is C16H25NO3. The summed E-state index contributed by atoms with van der Waals surface area (Å²) in [6.07, 6.45) is 1.13. The van der Waals surface area contributed by atoms with Crippen LogP contribution >= 0.6 is 0 Å². The molecule has 1 aliphatic rings. The highest BCUT2D eigenvalue weighted by Gasteiger charge is 2.31. The largest absolute Gasteiger partial charge is 0.492 e. The monoisotopic (exact) mass is 279 g/mol. The molecule has 1 heterocycles. The molecule has 4 nitrogen and oxygen atoms in total. The third kappa shape index (κ3) is 3.72. The molecule has 1 aromatic rings. The first-order chi connectivity index (χ1) is 9.63. The van der Waals surface area contributed by atoms with Gasteiger partial charge in [0.2, 0.25) is 0 Å². The Balaban J connectivity index is 1.84. The average Bonchev–Trinajstić information content (AvgIpc) is 2.85. The van der Waals surface area contributed by atoms with Crippen LogP contribution in [0.3, 0.4) is 0 Å². The summed E-state index contributed by atoms with van der Waals surface area (Å²) in [5.74, 6) is 0.952. The Hall–Kier alpha value is -1.10. The van der Waals surface area contributed by atoms with Gasteiger partial charge in [0.25, 0.3) is 0 Å². The van der Waals surface area contributed by atoms with E-state index in [1.54, 1.807) is 7.11 Å². The fourth-order valence-electron chi connectivity index (χ4n) is 2.71. The summed E-state index contributed by atoms with van der Waals surface area (Å²) < 4.78 is 11.3. The highest BCUT2D eigenvalue weighted by molar-refractivity contribution is 5.35. The maximum Gasteiger partial charge on any atom is 0.122 e. The maximum atomic E-state index is 9.41. The van der Waals surface area contributed by atoms with Crippen LogP contribution in [0.25, 0.3) is 0 Å². The first-order valence-electron chi connectivity index (χ1n) is 7.21. The van der Waals surface area contributed by atoms with Gasteiger partial charge in [0.1, 0.15) is 12.4 Å². The van der Waals surface area contributed by atoms with E-state index in [2.05, 4.69) is 36.9 Å². The molecule has 1 aromatic carbocycles. The standard InChI is InChI=1S/C16H25NO3/c1-12-4-5-13(2)16(8-12)20-7-6-17-10-15(19-3)9-14(17)11-18/h4-5,8,14-15,18H,6-7,9-11H2,1-3H3/t14-,15-/m0/s1. The number of rotatable bonds is 6. The van der Waals surface area contributed by atoms with E-state index in [0.717, 1.165) is 30.8 Å². The number of aliphatic hydroxyl groups is 1. The van der Waals surface area contributed by atoms with Crippen LogP contribution in [0.5, 0.6) is 5.75 Å². The molecule has 1 saturated heterocycles. The molecule has 0 amide bonds. The number of hydrogen-bond acceptors (Lipinski definition) is 4. The zero-order valence-corrected chi connectivity index (χ0v) is 12.6. The van der Waals surface area contributed by atoms with E-state index in [1.807, 2.05) is 0 Å². The fourth-order valence-corrected chi connectivity index (χ4v) is 2.71. The molecular weight excluding hydrogens is 254 g/mol. The molecule has 0 radical (unpaired) electrons. The highest BCUT2D eigenvalue weighted by atomic mass is 16.5. The van der Waals surface area contributed by atoms with Crippen molar-refractivity contribution in [3.8, 4) is 5.75 Å². The minimum absolute atomic E-state index is 0.184. The third-order valence-electron chi connectivity index (χ3n) is 4.01. The van der Waals surface area contributed by atoms with Gasteiger partial charge in [-0.2, -0.15) is 0 Å². The topological polar surface area (TPSA) is 41.9 Å². The predicted molar refractivity (Wildman–Crippen MR) is 79.3 cm³/mol. The second-order valence-corrected chi connectivity index (χ2v) is 5.54. The lowest BCUT2D eigenvalue weighted by atomic mass is 10.1. The van der Waals surface area contributed by atoms with Crippen LogP contribution in [0.15, 0.2) is 18.2 Å². The van der Waals surface area contributed by atoms with Crippen molar-refractivity contribution >= 4 is 0 Å². The number of aryl methyl sites for hydroxylation is 2. The predicted octanol–water partition coefficient (Wildman–Crippen LogP) is 1.76. The van der Waals surface area contributed by atoms with Crippen LogP contribution in [0.1, 0.15) is 17.5 Å². The average molecular weight is 279 g/mol. The molecule has 2 atom stereocenters. The Bertz CT molecular complexity index is 436. The van der Waals surface area contributed by atoms with Gasteiger partial charge in [0.15, 0.2) is 0 Å². The molecule has 0 aliphatic carbocycles. The summed E-state index contributed by atoms with van der Waals surface area (Å²) in [5, 5.41) is 9.41. The van der Waals surface area contributed by atoms with Crippen LogP contribution in [0.2, 0.25) is 0 Å². The number of ether oxygens (including phenoxy) is 2. The van der Waals surface area contributed by atoms with Crippen LogP contribution in [0.4, 0.5) is 0 Å². The van der Waals surface area contributed by atoms with Crippen molar-refractivity contribution in [3.63, 3.8) is 0 Å². The lowest BCUT2D eigenvalue weighted by molar-refractivity contribution is 0.105. The summed E-state index contributed by atoms with van der Waals surface area (Å²) in [6.45, 7) is 6.64. The number of benzene rings is 1. The molecule has 0 aromatic heterocycles. The Morgan fingerprint density at radius 3 is 2.85 bits per heavy atom. The molecule has 4 heteroatoms. The van der Waals surface area contributed by atoms with Gasteiger partial charge in [-0.15, -0.1) is 0 Å². The SMILES string of the molecule is CO[C@H]1C[C@@H](CO)N(CCOc2cc(C)ccc2C)C1. The number of methoxy groups -OCH3 is 1. The van der Waals surface area contributed by atoms with Gasteiger partial charge in [-0.1, -0.05) is 12.1 Å². The van der Waals surface area contributed by atoms with E-state index >= 15 is 0 Å². The zero-order valence-electron chi connectivity index (χ0n) is 12.6. The van der Waals surface area contributed by atoms with Crippen molar-refractivity contribution in [1.82, 2.24) is 4.90 Å². The van der Waals surface area contributed by atoms with Crippen molar-refractivity contribution in [2.75, 3.05) is 33.4 Å². The molecule has 20 heavy (non-hydrogen) atoms. The minimum atomic E-state index is 0.184. The quantitative estimate of drug-likeness (QED) is 0.861. The molecule has 112 valence electrons. The van der Waals surface area contributed by atoms with Crippen molar-refractivity contribution < 1.29 is 14.6 Å². The van der Waals surface area contributed by atoms with Gasteiger partial charge in [0.05, 0.1) is 12.7 Å². The molecule has 0 spiro atoms. The second-order valence-electron chi connectivity index (χ2n) is 5.54. The van der Waals surface area contributed by atoms with Crippen molar-refractivity contribution in [2.24, 2.45) is 0 Å². The van der Waals surface area contributed by atoms with Crippen molar-refractivity contribution in [1.29, 1.82) is 0 Å². The van der Waals surface area contributed by atoms with Gasteiger partial charge >= 0.3 is 0 Å². The van der Waals surface area contributed by atoms with Crippen LogP contribution in [-0.4, -0.2) is 55.6 Å². The lowest BCUT2D eigenvalue weighted by Crippen LogP contribution is -2.35. The molecule has 1 aliphatic heterocycles. The van der Waals surface area contributed by atoms with E-state index in [-0.39, 0.29) is 18.8 Å². The number of aliphatic hydroxyl groups excluding tert-OH is 1. The third-order valence-corrected chi connectivity index (χ3v) is 4.01. The summed E-state index contributed by atoms with van der Waals surface area (Å²) >= 11 is 0. The van der Waals surface area contributed by atoms with Crippen LogP contribution < -0.4 is 4.74 Å². The molecule has 1 fully saturated rings. The molecule has 0 bridgehead atoms. The number of nitrogens with zero attached hydrogens (tertiary/aromatic N) is 1. The van der Waals surface area contributed by atoms with Gasteiger partial charge in [0, 0.05) is 26.2 Å². The van der Waals surface area contributed by atoms with Gasteiger partial charge < -0.3 is 14.6 Å². The zero-order chi connectivity index (χ0) is 14.5. The Kier molecular flexibility index (Phi) is 5.40. The van der Waals surface area contributed by atoms with E-state index in [9.17, 15) is 5.11 Å². The van der Waals surface area contributed by atoms with Crippen LogP contribution in [-0.2, 0) is 4.74 Å². The first kappa shape index (κ1) is 15.3. The number of likely N-dealkylation sites (tertiary alicyclic amines) is 1. The minimum Gasteiger partial charge on any atom is -0.492 e. The summed E-state index contributed by atoms with van der Waals surface area (Å²) in [4.78, 5) is 2.25. The van der Waals surface area contributed by atoms with Crippen molar-refractivity contribution in [2.45, 2.75) is 32.4 Å². The summed E-state index contributed by atoms with van der Waals surface area (Å²) in [5.41, 5.74) is 2.37. The van der Waals surface area contributed by atoms with Gasteiger partial charge in [-0.05, 0) is 37.5 Å².